The van der Waals surface area contributed by atoms with Crippen molar-refractivity contribution in [3.8, 4) is 0 Å². The SMILES string of the molecule is CO/C=C(\C(=O)OC)c1cccc(Cl)c1CBr. The second kappa shape index (κ2) is 6.67. The van der Waals surface area contributed by atoms with Crippen LogP contribution in [0.4, 0.5) is 0 Å². The maximum Gasteiger partial charge on any atom is 0.341 e. The normalized spacial score (nSPS) is 11.2. The van der Waals surface area contributed by atoms with Crippen LogP contribution in [0.5, 0.6) is 0 Å². The Kier molecular flexibility index (Phi) is 5.51. The zero-order valence-electron chi connectivity index (χ0n) is 9.50. The first-order chi connectivity index (χ1) is 8.15. The predicted octanol–water partition coefficient (Wildman–Crippen LogP) is 3.40. The molecular formula is C12H12BrClO3. The van der Waals surface area contributed by atoms with Crippen molar-refractivity contribution in [2.45, 2.75) is 5.33 Å². The molecule has 5 heteroatoms. The van der Waals surface area contributed by atoms with Crippen LogP contribution in [0.1, 0.15) is 11.1 Å². The molecule has 17 heavy (non-hydrogen) atoms. The molecule has 0 bridgehead atoms. The summed E-state index contributed by atoms with van der Waals surface area (Å²) in [6.07, 6.45) is 1.35. The number of methoxy groups -OCH3 is 2. The number of hydrogen-bond donors (Lipinski definition) is 0. The van der Waals surface area contributed by atoms with Gasteiger partial charge in [0.2, 0.25) is 0 Å². The van der Waals surface area contributed by atoms with Crippen LogP contribution in [-0.4, -0.2) is 20.2 Å². The van der Waals surface area contributed by atoms with E-state index >= 15 is 0 Å². The molecule has 3 nitrogen and oxygen atoms in total. The van der Waals surface area contributed by atoms with Crippen molar-refractivity contribution in [1.82, 2.24) is 0 Å². The second-order valence-corrected chi connectivity index (χ2v) is 4.13. The molecule has 0 saturated heterocycles. The third-order valence-corrected chi connectivity index (χ3v) is 3.10. The topological polar surface area (TPSA) is 35.5 Å². The minimum Gasteiger partial charge on any atom is -0.503 e. The molecule has 0 aliphatic rings. The minimum atomic E-state index is -0.462. The number of carbonyl (C=O) groups excluding carboxylic acids is 1. The van der Waals surface area contributed by atoms with Crippen molar-refractivity contribution in [1.29, 1.82) is 0 Å². The van der Waals surface area contributed by atoms with Crippen molar-refractivity contribution >= 4 is 39.1 Å². The Morgan fingerprint density at radius 3 is 2.71 bits per heavy atom. The molecule has 0 heterocycles. The quantitative estimate of drug-likeness (QED) is 0.369. The molecule has 0 fully saturated rings. The third-order valence-electron chi connectivity index (χ3n) is 2.18. The summed E-state index contributed by atoms with van der Waals surface area (Å²) in [5.74, 6) is -0.462. The molecule has 0 radical (unpaired) electrons. The molecule has 0 saturated carbocycles. The Hall–Kier alpha value is -1.000. The van der Waals surface area contributed by atoms with Gasteiger partial charge in [-0.15, -0.1) is 0 Å². The number of alkyl halides is 1. The highest BCUT2D eigenvalue weighted by Crippen LogP contribution is 2.28. The van der Waals surface area contributed by atoms with Crippen LogP contribution < -0.4 is 0 Å². The predicted molar refractivity (Wildman–Crippen MR) is 71.1 cm³/mol. The molecule has 1 rings (SSSR count). The number of rotatable bonds is 4. The summed E-state index contributed by atoms with van der Waals surface area (Å²) < 4.78 is 9.61. The third kappa shape index (κ3) is 3.23. The van der Waals surface area contributed by atoms with Crippen LogP contribution in [0.3, 0.4) is 0 Å². The number of benzene rings is 1. The summed E-state index contributed by atoms with van der Waals surface area (Å²) in [5, 5.41) is 1.13. The highest BCUT2D eigenvalue weighted by atomic mass is 79.9. The van der Waals surface area contributed by atoms with E-state index in [1.165, 1.54) is 20.5 Å². The van der Waals surface area contributed by atoms with Crippen molar-refractivity contribution in [3.05, 3.63) is 40.6 Å². The Bertz CT molecular complexity index is 443. The van der Waals surface area contributed by atoms with Gasteiger partial charge in [0.1, 0.15) is 5.57 Å². The van der Waals surface area contributed by atoms with Crippen LogP contribution >= 0.6 is 27.5 Å². The van der Waals surface area contributed by atoms with Gasteiger partial charge in [0.15, 0.2) is 0 Å². The van der Waals surface area contributed by atoms with Gasteiger partial charge in [-0.3, -0.25) is 0 Å². The lowest BCUT2D eigenvalue weighted by molar-refractivity contribution is -0.133. The summed E-state index contributed by atoms with van der Waals surface area (Å²) in [4.78, 5) is 11.7. The summed E-state index contributed by atoms with van der Waals surface area (Å²) in [6, 6.07) is 5.34. The first kappa shape index (κ1) is 14.1. The fourth-order valence-corrected chi connectivity index (χ4v) is 2.40. The largest absolute Gasteiger partial charge is 0.503 e. The molecule has 1 aromatic rings. The van der Waals surface area contributed by atoms with Gasteiger partial charge >= 0.3 is 5.97 Å². The Morgan fingerprint density at radius 1 is 1.47 bits per heavy atom. The van der Waals surface area contributed by atoms with Crippen molar-refractivity contribution < 1.29 is 14.3 Å². The van der Waals surface area contributed by atoms with Crippen LogP contribution in [0, 0.1) is 0 Å². The first-order valence-electron chi connectivity index (χ1n) is 4.80. The minimum absolute atomic E-state index is 0.340. The molecule has 0 aromatic heterocycles. The number of halogens is 2. The number of ether oxygens (including phenoxy) is 2. The molecule has 1 aromatic carbocycles. The number of hydrogen-bond acceptors (Lipinski definition) is 3. The monoisotopic (exact) mass is 318 g/mol. The maximum atomic E-state index is 11.7. The van der Waals surface area contributed by atoms with Gasteiger partial charge in [-0.05, 0) is 17.2 Å². The molecule has 0 unspecified atom stereocenters. The second-order valence-electron chi connectivity index (χ2n) is 3.16. The van der Waals surface area contributed by atoms with E-state index in [4.69, 9.17) is 21.1 Å². The van der Waals surface area contributed by atoms with Crippen LogP contribution in [0.2, 0.25) is 5.02 Å². The number of esters is 1. The highest BCUT2D eigenvalue weighted by Gasteiger charge is 2.17. The van der Waals surface area contributed by atoms with Crippen LogP contribution in [0.25, 0.3) is 5.57 Å². The molecule has 0 amide bonds. The van der Waals surface area contributed by atoms with E-state index in [1.54, 1.807) is 18.2 Å². The van der Waals surface area contributed by atoms with Gasteiger partial charge in [-0.25, -0.2) is 4.79 Å². The summed E-state index contributed by atoms with van der Waals surface area (Å²) in [5.41, 5.74) is 1.86. The van der Waals surface area contributed by atoms with Crippen molar-refractivity contribution in [2.75, 3.05) is 14.2 Å². The summed E-state index contributed by atoms with van der Waals surface area (Å²) >= 11 is 9.42. The lowest BCUT2D eigenvalue weighted by Gasteiger charge is -2.11. The Labute approximate surface area is 113 Å². The molecule has 92 valence electrons. The van der Waals surface area contributed by atoms with Gasteiger partial charge in [0.05, 0.1) is 20.5 Å². The van der Waals surface area contributed by atoms with E-state index in [2.05, 4.69) is 15.9 Å². The summed E-state index contributed by atoms with van der Waals surface area (Å²) in [6.45, 7) is 0. The van der Waals surface area contributed by atoms with E-state index < -0.39 is 5.97 Å². The first-order valence-corrected chi connectivity index (χ1v) is 6.30. The average molecular weight is 320 g/mol. The smallest absolute Gasteiger partial charge is 0.341 e. The Balaban J connectivity index is 3.33. The van der Waals surface area contributed by atoms with E-state index in [0.29, 0.717) is 21.5 Å². The molecular weight excluding hydrogens is 307 g/mol. The molecule has 0 atom stereocenters. The fourth-order valence-electron chi connectivity index (χ4n) is 1.40. The van der Waals surface area contributed by atoms with Crippen LogP contribution in [-0.2, 0) is 19.6 Å². The summed E-state index contributed by atoms with van der Waals surface area (Å²) in [7, 11) is 2.80. The Morgan fingerprint density at radius 2 is 2.18 bits per heavy atom. The standard InChI is InChI=1S/C12H12BrClO3/c1-16-7-10(12(15)17-2)8-4-3-5-11(14)9(8)6-13/h3-5,7H,6H2,1-2H3/b10-7-. The van der Waals surface area contributed by atoms with Gasteiger partial charge in [0.25, 0.3) is 0 Å². The number of carbonyl (C=O) groups is 1. The van der Waals surface area contributed by atoms with Gasteiger partial charge in [0, 0.05) is 10.4 Å². The zero-order chi connectivity index (χ0) is 12.8. The zero-order valence-corrected chi connectivity index (χ0v) is 11.8. The van der Waals surface area contributed by atoms with Gasteiger partial charge in [-0.2, -0.15) is 0 Å². The highest BCUT2D eigenvalue weighted by molar-refractivity contribution is 9.08. The molecule has 0 aliphatic heterocycles. The molecule has 0 aliphatic carbocycles. The van der Waals surface area contributed by atoms with E-state index in [0.717, 1.165) is 5.56 Å². The van der Waals surface area contributed by atoms with E-state index in [1.807, 2.05) is 0 Å². The average Bonchev–Trinajstić information content (AvgIpc) is 2.34. The van der Waals surface area contributed by atoms with E-state index in [-0.39, 0.29) is 0 Å². The molecule has 0 spiro atoms. The van der Waals surface area contributed by atoms with Crippen molar-refractivity contribution in [3.63, 3.8) is 0 Å². The van der Waals surface area contributed by atoms with Crippen molar-refractivity contribution in [2.24, 2.45) is 0 Å². The van der Waals surface area contributed by atoms with Crippen LogP contribution in [0.15, 0.2) is 24.5 Å². The van der Waals surface area contributed by atoms with E-state index in [9.17, 15) is 4.79 Å². The van der Waals surface area contributed by atoms with Gasteiger partial charge < -0.3 is 9.47 Å². The lowest BCUT2D eigenvalue weighted by Crippen LogP contribution is -2.06. The maximum absolute atomic E-state index is 11.7. The lowest BCUT2D eigenvalue weighted by atomic mass is 10.0. The molecule has 0 N–H and O–H groups in total. The fraction of sp³-hybridized carbons (Fsp3) is 0.250. The van der Waals surface area contributed by atoms with Gasteiger partial charge in [-0.1, -0.05) is 39.7 Å².